The Kier molecular flexibility index (Phi) is 5.78. The zero-order chi connectivity index (χ0) is 22.2. The Morgan fingerprint density at radius 2 is 2.06 bits per heavy atom. The Morgan fingerprint density at radius 3 is 2.84 bits per heavy atom. The van der Waals surface area contributed by atoms with Crippen LogP contribution < -0.4 is 10.2 Å². The smallest absolute Gasteiger partial charge is 0.291 e. The molecule has 2 aromatic carbocycles. The molecule has 3 heterocycles. The highest BCUT2D eigenvalue weighted by molar-refractivity contribution is 9.10. The lowest BCUT2D eigenvalue weighted by atomic mass is 9.98. The van der Waals surface area contributed by atoms with Crippen LogP contribution >= 0.6 is 15.9 Å². The first-order valence-corrected chi connectivity index (χ1v) is 11.8. The lowest BCUT2D eigenvalue weighted by molar-refractivity contribution is 0.0486. The van der Waals surface area contributed by atoms with E-state index in [1.165, 1.54) is 0 Å². The summed E-state index contributed by atoms with van der Waals surface area (Å²) < 4.78 is 18.4. The molecule has 1 fully saturated rings. The van der Waals surface area contributed by atoms with Crippen LogP contribution in [0.4, 0.5) is 0 Å². The maximum absolute atomic E-state index is 13.6. The van der Waals surface area contributed by atoms with Gasteiger partial charge in [-0.3, -0.25) is 9.59 Å². The van der Waals surface area contributed by atoms with Gasteiger partial charge in [-0.15, -0.1) is 0 Å². The molecule has 2 aliphatic rings. The van der Waals surface area contributed by atoms with E-state index in [-0.39, 0.29) is 23.2 Å². The Labute approximate surface area is 194 Å². The molecule has 0 aliphatic carbocycles. The predicted molar refractivity (Wildman–Crippen MR) is 124 cm³/mol. The lowest BCUT2D eigenvalue weighted by Crippen LogP contribution is -2.36. The van der Waals surface area contributed by atoms with E-state index in [4.69, 9.17) is 13.9 Å². The number of rotatable bonds is 6. The van der Waals surface area contributed by atoms with Crippen LogP contribution in [0, 0.1) is 0 Å². The summed E-state index contributed by atoms with van der Waals surface area (Å²) in [5.74, 6) is 0.560. The Bertz CT molecular complexity index is 1230. The molecule has 0 N–H and O–H groups in total. The highest BCUT2D eigenvalue weighted by atomic mass is 79.9. The predicted octanol–water partition coefficient (Wildman–Crippen LogP) is 5.07. The third-order valence-electron chi connectivity index (χ3n) is 6.00. The molecule has 1 aromatic heterocycles. The summed E-state index contributed by atoms with van der Waals surface area (Å²) in [6, 6.07) is 12.3. The van der Waals surface area contributed by atoms with Crippen molar-refractivity contribution in [2.24, 2.45) is 0 Å². The highest BCUT2D eigenvalue weighted by Crippen LogP contribution is 2.40. The quantitative estimate of drug-likeness (QED) is 0.475. The lowest BCUT2D eigenvalue weighted by Gasteiger charge is -2.27. The third kappa shape index (κ3) is 3.73. The topological polar surface area (TPSA) is 69.0 Å². The molecular weight excluding hydrogens is 474 g/mol. The molecule has 1 saturated heterocycles. The summed E-state index contributed by atoms with van der Waals surface area (Å²) in [6.07, 6.45) is 2.71. The number of nitrogens with zero attached hydrogens (tertiary/aromatic N) is 1. The molecule has 0 saturated carbocycles. The third-order valence-corrected chi connectivity index (χ3v) is 6.49. The Morgan fingerprint density at radius 1 is 1.19 bits per heavy atom. The standard InChI is InChI=1S/C25H24BrNO5/c1-2-10-30-17-6-3-5-15(12-17)22-21-23(28)19-13-16(26)8-9-20(19)32-24(21)25(29)27(22)14-18-7-4-11-31-18/h3,5-6,8-9,12-13,18,22H,2,4,7,10-11,14H2,1H3. The number of fused-ring (bicyclic) bond motifs is 2. The molecule has 3 aromatic rings. The van der Waals surface area contributed by atoms with Crippen LogP contribution in [-0.4, -0.2) is 36.7 Å². The first-order chi connectivity index (χ1) is 15.6. The molecule has 0 bridgehead atoms. The van der Waals surface area contributed by atoms with E-state index in [9.17, 15) is 9.59 Å². The van der Waals surface area contributed by atoms with Crippen molar-refractivity contribution in [3.8, 4) is 5.75 Å². The number of amides is 1. The number of benzene rings is 2. The Hall–Kier alpha value is -2.64. The average molecular weight is 498 g/mol. The molecule has 6 nitrogen and oxygen atoms in total. The molecule has 166 valence electrons. The van der Waals surface area contributed by atoms with Gasteiger partial charge in [0.2, 0.25) is 5.76 Å². The van der Waals surface area contributed by atoms with Crippen molar-refractivity contribution in [1.29, 1.82) is 0 Å². The zero-order valence-corrected chi connectivity index (χ0v) is 19.4. The fraction of sp³-hybridized carbons (Fsp3) is 0.360. The van der Waals surface area contributed by atoms with Crippen LogP contribution in [0.1, 0.15) is 53.9 Å². The minimum Gasteiger partial charge on any atom is -0.494 e. The van der Waals surface area contributed by atoms with E-state index >= 15 is 0 Å². The van der Waals surface area contributed by atoms with Gasteiger partial charge in [-0.1, -0.05) is 35.0 Å². The first-order valence-electron chi connectivity index (χ1n) is 11.0. The van der Waals surface area contributed by atoms with Crippen molar-refractivity contribution >= 4 is 32.8 Å². The number of halogens is 1. The van der Waals surface area contributed by atoms with Crippen molar-refractivity contribution in [2.45, 2.75) is 38.3 Å². The molecule has 0 spiro atoms. The van der Waals surface area contributed by atoms with Crippen molar-refractivity contribution in [3.05, 3.63) is 74.0 Å². The number of hydrogen-bond acceptors (Lipinski definition) is 5. The normalized spacial score (nSPS) is 20.2. The van der Waals surface area contributed by atoms with E-state index in [1.54, 1.807) is 23.1 Å². The summed E-state index contributed by atoms with van der Waals surface area (Å²) >= 11 is 3.43. The van der Waals surface area contributed by atoms with E-state index in [1.807, 2.05) is 31.2 Å². The van der Waals surface area contributed by atoms with E-state index in [0.29, 0.717) is 36.3 Å². The maximum atomic E-state index is 13.6. The fourth-order valence-corrected chi connectivity index (χ4v) is 4.89. The van der Waals surface area contributed by atoms with Crippen LogP contribution in [0.25, 0.3) is 11.0 Å². The minimum atomic E-state index is -0.550. The van der Waals surface area contributed by atoms with Gasteiger partial charge in [0.25, 0.3) is 5.91 Å². The van der Waals surface area contributed by atoms with Gasteiger partial charge in [-0.25, -0.2) is 0 Å². The van der Waals surface area contributed by atoms with Gasteiger partial charge >= 0.3 is 0 Å². The van der Waals surface area contributed by atoms with Crippen LogP contribution in [0.2, 0.25) is 0 Å². The highest BCUT2D eigenvalue weighted by Gasteiger charge is 2.44. The summed E-state index contributed by atoms with van der Waals surface area (Å²) in [6.45, 7) is 3.75. The second-order valence-electron chi connectivity index (χ2n) is 8.23. The fourth-order valence-electron chi connectivity index (χ4n) is 4.53. The molecule has 2 aliphatic heterocycles. The van der Waals surface area contributed by atoms with Gasteiger partial charge in [0.05, 0.1) is 29.7 Å². The number of carbonyl (C=O) groups is 1. The van der Waals surface area contributed by atoms with E-state index in [2.05, 4.69) is 15.9 Å². The van der Waals surface area contributed by atoms with Crippen molar-refractivity contribution in [2.75, 3.05) is 19.8 Å². The van der Waals surface area contributed by atoms with Crippen molar-refractivity contribution < 1.29 is 18.7 Å². The van der Waals surface area contributed by atoms with Crippen LogP contribution in [0.3, 0.4) is 0 Å². The molecule has 2 atom stereocenters. The molecule has 0 radical (unpaired) electrons. The van der Waals surface area contributed by atoms with E-state index in [0.717, 1.165) is 35.0 Å². The van der Waals surface area contributed by atoms with Crippen LogP contribution in [0.5, 0.6) is 5.75 Å². The summed E-state index contributed by atoms with van der Waals surface area (Å²) in [7, 11) is 0. The van der Waals surface area contributed by atoms with Gasteiger partial charge in [-0.05, 0) is 55.2 Å². The molecule has 5 rings (SSSR count). The molecule has 1 amide bonds. The summed E-state index contributed by atoms with van der Waals surface area (Å²) in [4.78, 5) is 28.8. The average Bonchev–Trinajstić information content (AvgIpc) is 3.41. The molecule has 2 unspecified atom stereocenters. The van der Waals surface area contributed by atoms with Gasteiger partial charge in [0, 0.05) is 17.6 Å². The van der Waals surface area contributed by atoms with Gasteiger partial charge in [-0.2, -0.15) is 0 Å². The maximum Gasteiger partial charge on any atom is 0.291 e. The summed E-state index contributed by atoms with van der Waals surface area (Å²) in [5, 5.41) is 0.452. The number of ether oxygens (including phenoxy) is 2. The number of carbonyl (C=O) groups excluding carboxylic acids is 1. The SMILES string of the molecule is CCCOc1cccc(C2c3c(oc4ccc(Br)cc4c3=O)C(=O)N2CC2CCCO2)c1. The zero-order valence-electron chi connectivity index (χ0n) is 17.8. The van der Waals surface area contributed by atoms with Crippen molar-refractivity contribution in [3.63, 3.8) is 0 Å². The molecule has 7 heteroatoms. The minimum absolute atomic E-state index is 0.0473. The number of hydrogen-bond donors (Lipinski definition) is 0. The van der Waals surface area contributed by atoms with Crippen LogP contribution in [0.15, 0.2) is 56.1 Å². The van der Waals surface area contributed by atoms with Gasteiger partial charge in [0.15, 0.2) is 5.43 Å². The van der Waals surface area contributed by atoms with Crippen molar-refractivity contribution in [1.82, 2.24) is 4.90 Å². The summed E-state index contributed by atoms with van der Waals surface area (Å²) in [5.41, 5.74) is 1.43. The van der Waals surface area contributed by atoms with Gasteiger partial charge in [0.1, 0.15) is 11.3 Å². The Balaban J connectivity index is 1.66. The molecular formula is C25H24BrNO5. The van der Waals surface area contributed by atoms with E-state index < -0.39 is 6.04 Å². The second-order valence-corrected chi connectivity index (χ2v) is 9.15. The van der Waals surface area contributed by atoms with Gasteiger partial charge < -0.3 is 18.8 Å². The second kappa shape index (κ2) is 8.71. The monoisotopic (exact) mass is 497 g/mol. The van der Waals surface area contributed by atoms with Crippen LogP contribution in [-0.2, 0) is 4.74 Å². The molecule has 32 heavy (non-hydrogen) atoms. The first kappa shape index (κ1) is 21.2. The largest absolute Gasteiger partial charge is 0.494 e.